The summed E-state index contributed by atoms with van der Waals surface area (Å²) >= 11 is 1.41. The summed E-state index contributed by atoms with van der Waals surface area (Å²) in [4.78, 5) is 30.8. The van der Waals surface area contributed by atoms with E-state index in [4.69, 9.17) is 0 Å². The van der Waals surface area contributed by atoms with E-state index in [0.717, 1.165) is 31.4 Å². The van der Waals surface area contributed by atoms with Crippen molar-refractivity contribution in [2.24, 2.45) is 5.92 Å². The highest BCUT2D eigenvalue weighted by atomic mass is 32.1. The minimum atomic E-state index is -0.107. The van der Waals surface area contributed by atoms with E-state index in [9.17, 15) is 9.59 Å². The van der Waals surface area contributed by atoms with E-state index >= 15 is 0 Å². The van der Waals surface area contributed by atoms with Gasteiger partial charge in [-0.2, -0.15) is 0 Å². The zero-order valence-electron chi connectivity index (χ0n) is 14.4. The van der Waals surface area contributed by atoms with Crippen LogP contribution < -0.4 is 10.2 Å². The summed E-state index contributed by atoms with van der Waals surface area (Å²) in [7, 11) is 1.78. The summed E-state index contributed by atoms with van der Waals surface area (Å²) < 4.78 is 0. The Bertz CT molecular complexity index is 723. The molecule has 1 aliphatic carbocycles. The Kier molecular flexibility index (Phi) is 5.81. The van der Waals surface area contributed by atoms with Crippen LogP contribution in [-0.4, -0.2) is 23.8 Å². The van der Waals surface area contributed by atoms with Crippen molar-refractivity contribution in [2.45, 2.75) is 38.5 Å². The number of amides is 2. The van der Waals surface area contributed by atoms with Gasteiger partial charge in [-0.3, -0.25) is 14.5 Å². The van der Waals surface area contributed by atoms with Crippen molar-refractivity contribution in [3.05, 3.63) is 41.4 Å². The highest BCUT2D eigenvalue weighted by molar-refractivity contribution is 7.14. The molecular formula is C19H23N3O2S. The Hall–Kier alpha value is -2.21. The van der Waals surface area contributed by atoms with Gasteiger partial charge in [-0.15, -0.1) is 11.3 Å². The first-order valence-corrected chi connectivity index (χ1v) is 9.58. The SMILES string of the molecule is CN(C(=O)C1CCCCC1)c1nc(CC(=O)Nc2ccccc2)cs1. The molecule has 2 aromatic rings. The fraction of sp³-hybridized carbons (Fsp3) is 0.421. The molecule has 1 aliphatic rings. The second kappa shape index (κ2) is 8.25. The molecule has 0 spiro atoms. The van der Waals surface area contributed by atoms with Crippen molar-refractivity contribution in [3.8, 4) is 0 Å². The number of aromatic nitrogens is 1. The second-order valence-corrected chi connectivity index (χ2v) is 7.28. The number of carbonyl (C=O) groups excluding carboxylic acids is 2. The Morgan fingerprint density at radius 2 is 1.92 bits per heavy atom. The quantitative estimate of drug-likeness (QED) is 0.884. The highest BCUT2D eigenvalue weighted by Gasteiger charge is 2.26. The van der Waals surface area contributed by atoms with E-state index in [-0.39, 0.29) is 24.2 Å². The van der Waals surface area contributed by atoms with Gasteiger partial charge in [-0.05, 0) is 25.0 Å². The monoisotopic (exact) mass is 357 g/mol. The molecule has 0 atom stereocenters. The number of para-hydroxylation sites is 1. The Morgan fingerprint density at radius 3 is 2.64 bits per heavy atom. The molecule has 1 aromatic heterocycles. The molecule has 1 fully saturated rings. The molecule has 0 saturated heterocycles. The fourth-order valence-corrected chi connectivity index (χ4v) is 3.94. The Morgan fingerprint density at radius 1 is 1.20 bits per heavy atom. The maximum absolute atomic E-state index is 12.6. The molecule has 1 saturated carbocycles. The van der Waals surface area contributed by atoms with Gasteiger partial charge in [0.2, 0.25) is 11.8 Å². The summed E-state index contributed by atoms with van der Waals surface area (Å²) in [6.07, 6.45) is 5.64. The Balaban J connectivity index is 1.57. The molecule has 132 valence electrons. The van der Waals surface area contributed by atoms with E-state index in [0.29, 0.717) is 10.8 Å². The lowest BCUT2D eigenvalue weighted by atomic mass is 9.88. The van der Waals surface area contributed by atoms with Gasteiger partial charge in [0.05, 0.1) is 12.1 Å². The van der Waals surface area contributed by atoms with E-state index in [1.54, 1.807) is 11.9 Å². The van der Waals surface area contributed by atoms with E-state index in [1.807, 2.05) is 35.7 Å². The summed E-state index contributed by atoms with van der Waals surface area (Å²) in [5.74, 6) is 0.158. The van der Waals surface area contributed by atoms with Crippen molar-refractivity contribution in [1.82, 2.24) is 4.98 Å². The molecule has 1 N–H and O–H groups in total. The van der Waals surface area contributed by atoms with Crippen LogP contribution in [0.25, 0.3) is 0 Å². The number of benzene rings is 1. The number of hydrogen-bond acceptors (Lipinski definition) is 4. The van der Waals surface area contributed by atoms with Crippen LogP contribution in [0.4, 0.5) is 10.8 Å². The van der Waals surface area contributed by atoms with E-state index in [2.05, 4.69) is 10.3 Å². The number of carbonyl (C=O) groups is 2. The lowest BCUT2D eigenvalue weighted by Crippen LogP contribution is -2.33. The van der Waals surface area contributed by atoms with Crippen molar-refractivity contribution < 1.29 is 9.59 Å². The number of nitrogens with one attached hydrogen (secondary N) is 1. The van der Waals surface area contributed by atoms with Crippen molar-refractivity contribution in [3.63, 3.8) is 0 Å². The maximum atomic E-state index is 12.6. The summed E-state index contributed by atoms with van der Waals surface area (Å²) in [6, 6.07) is 9.36. The van der Waals surface area contributed by atoms with Crippen molar-refractivity contribution in [2.75, 3.05) is 17.3 Å². The van der Waals surface area contributed by atoms with Gasteiger partial charge in [-0.25, -0.2) is 4.98 Å². The first-order valence-electron chi connectivity index (χ1n) is 8.70. The fourth-order valence-electron chi connectivity index (χ4n) is 3.14. The van der Waals surface area contributed by atoms with Gasteiger partial charge >= 0.3 is 0 Å². The molecule has 1 heterocycles. The lowest BCUT2D eigenvalue weighted by Gasteiger charge is -2.24. The number of rotatable bonds is 5. The van der Waals surface area contributed by atoms with Gasteiger partial charge in [0.15, 0.2) is 5.13 Å². The average Bonchev–Trinajstić information content (AvgIpc) is 3.10. The predicted octanol–water partition coefficient (Wildman–Crippen LogP) is 3.87. The molecule has 5 nitrogen and oxygen atoms in total. The molecule has 25 heavy (non-hydrogen) atoms. The van der Waals surface area contributed by atoms with E-state index < -0.39 is 0 Å². The molecule has 2 amide bonds. The third-order valence-electron chi connectivity index (χ3n) is 4.51. The predicted molar refractivity (Wildman–Crippen MR) is 101 cm³/mol. The number of hydrogen-bond donors (Lipinski definition) is 1. The topological polar surface area (TPSA) is 62.3 Å². The molecular weight excluding hydrogens is 334 g/mol. The first-order chi connectivity index (χ1) is 12.1. The van der Waals surface area contributed by atoms with Crippen LogP contribution in [0.2, 0.25) is 0 Å². The zero-order valence-corrected chi connectivity index (χ0v) is 15.2. The van der Waals surface area contributed by atoms with Crippen LogP contribution in [-0.2, 0) is 16.0 Å². The van der Waals surface area contributed by atoms with Gasteiger partial charge < -0.3 is 5.32 Å². The van der Waals surface area contributed by atoms with Crippen LogP contribution in [0.5, 0.6) is 0 Å². The minimum Gasteiger partial charge on any atom is -0.326 e. The maximum Gasteiger partial charge on any atom is 0.231 e. The van der Waals surface area contributed by atoms with Gasteiger partial charge in [-0.1, -0.05) is 37.5 Å². The molecule has 6 heteroatoms. The van der Waals surface area contributed by atoms with E-state index in [1.165, 1.54) is 17.8 Å². The number of nitrogens with zero attached hydrogens (tertiary/aromatic N) is 2. The molecule has 0 aliphatic heterocycles. The molecule has 0 radical (unpaired) electrons. The number of thiazole rings is 1. The largest absolute Gasteiger partial charge is 0.326 e. The van der Waals surface area contributed by atoms with Crippen LogP contribution in [0.15, 0.2) is 35.7 Å². The molecule has 3 rings (SSSR count). The second-order valence-electron chi connectivity index (χ2n) is 6.44. The highest BCUT2D eigenvalue weighted by Crippen LogP contribution is 2.28. The zero-order chi connectivity index (χ0) is 17.6. The summed E-state index contributed by atoms with van der Waals surface area (Å²) in [5.41, 5.74) is 1.46. The standard InChI is InChI=1S/C19H23N3O2S/c1-22(18(24)14-8-4-2-5-9-14)19-21-16(13-25-19)12-17(23)20-15-10-6-3-7-11-15/h3,6-7,10-11,13-14H,2,4-5,8-9,12H2,1H3,(H,20,23). The molecule has 0 unspecified atom stereocenters. The average molecular weight is 357 g/mol. The third-order valence-corrected chi connectivity index (χ3v) is 5.48. The van der Waals surface area contributed by atoms with Crippen LogP contribution in [0, 0.1) is 5.92 Å². The normalized spacial score (nSPS) is 14.9. The molecule has 1 aromatic carbocycles. The van der Waals surface area contributed by atoms with Crippen LogP contribution >= 0.6 is 11.3 Å². The van der Waals surface area contributed by atoms with Gasteiger partial charge in [0.25, 0.3) is 0 Å². The summed E-state index contributed by atoms with van der Waals surface area (Å²) in [5, 5.41) is 5.37. The van der Waals surface area contributed by atoms with Gasteiger partial charge in [0.1, 0.15) is 0 Å². The third kappa shape index (κ3) is 4.66. The first kappa shape index (κ1) is 17.6. The summed E-state index contributed by atoms with van der Waals surface area (Å²) in [6.45, 7) is 0. The smallest absolute Gasteiger partial charge is 0.231 e. The van der Waals surface area contributed by atoms with Gasteiger partial charge in [0, 0.05) is 24.0 Å². The lowest BCUT2D eigenvalue weighted by molar-refractivity contribution is -0.123. The van der Waals surface area contributed by atoms with Crippen LogP contribution in [0.3, 0.4) is 0 Å². The van der Waals surface area contributed by atoms with Crippen molar-refractivity contribution >= 4 is 34.0 Å². The Labute approximate surface area is 152 Å². The minimum absolute atomic E-state index is 0.107. The molecule has 0 bridgehead atoms. The van der Waals surface area contributed by atoms with Crippen molar-refractivity contribution in [1.29, 1.82) is 0 Å². The van der Waals surface area contributed by atoms with Crippen LogP contribution in [0.1, 0.15) is 37.8 Å². The number of anilines is 2.